The standard InChI is InChI=1S/C11H19BrN2OS/c1-4-11(3,15-5-2)10(14-13)8-6-16-7-9(8)12/h6-7,10,14H,4-5,13H2,1-3H3. The monoisotopic (exact) mass is 306 g/mol. The molecule has 92 valence electrons. The van der Waals surface area contributed by atoms with Crippen LogP contribution in [0.3, 0.4) is 0 Å². The highest BCUT2D eigenvalue weighted by atomic mass is 79.9. The van der Waals surface area contributed by atoms with Crippen molar-refractivity contribution >= 4 is 27.3 Å². The molecular weight excluding hydrogens is 288 g/mol. The Morgan fingerprint density at radius 2 is 2.25 bits per heavy atom. The first kappa shape index (κ1) is 14.1. The highest BCUT2D eigenvalue weighted by molar-refractivity contribution is 9.10. The number of nitrogens with two attached hydrogens (primary N) is 1. The van der Waals surface area contributed by atoms with Crippen molar-refractivity contribution in [2.75, 3.05) is 6.61 Å². The van der Waals surface area contributed by atoms with E-state index in [0.717, 1.165) is 16.5 Å². The number of hydrazine groups is 1. The Bertz CT molecular complexity index is 332. The van der Waals surface area contributed by atoms with Crippen molar-refractivity contribution in [3.8, 4) is 0 Å². The molecular formula is C11H19BrN2OS. The molecule has 0 aliphatic carbocycles. The van der Waals surface area contributed by atoms with Gasteiger partial charge in [-0.1, -0.05) is 6.92 Å². The highest BCUT2D eigenvalue weighted by Crippen LogP contribution is 2.36. The summed E-state index contributed by atoms with van der Waals surface area (Å²) >= 11 is 5.20. The van der Waals surface area contributed by atoms with Crippen molar-refractivity contribution in [3.05, 3.63) is 20.8 Å². The molecule has 3 nitrogen and oxygen atoms in total. The zero-order valence-corrected chi connectivity index (χ0v) is 12.3. The third-order valence-electron chi connectivity index (χ3n) is 2.91. The smallest absolute Gasteiger partial charge is 0.0859 e. The van der Waals surface area contributed by atoms with Gasteiger partial charge in [0.2, 0.25) is 0 Å². The quantitative estimate of drug-likeness (QED) is 0.626. The van der Waals surface area contributed by atoms with Crippen molar-refractivity contribution in [1.82, 2.24) is 5.43 Å². The minimum atomic E-state index is -0.285. The van der Waals surface area contributed by atoms with Gasteiger partial charge < -0.3 is 4.74 Å². The number of hydrogen-bond donors (Lipinski definition) is 2. The number of nitrogens with one attached hydrogen (secondary N) is 1. The van der Waals surface area contributed by atoms with Crippen LogP contribution in [0.15, 0.2) is 15.2 Å². The van der Waals surface area contributed by atoms with E-state index in [1.54, 1.807) is 11.3 Å². The fourth-order valence-corrected chi connectivity index (χ4v) is 3.36. The second-order valence-electron chi connectivity index (χ2n) is 3.87. The minimum Gasteiger partial charge on any atom is -0.374 e. The van der Waals surface area contributed by atoms with E-state index in [1.165, 1.54) is 0 Å². The van der Waals surface area contributed by atoms with Crippen molar-refractivity contribution in [1.29, 1.82) is 0 Å². The maximum atomic E-state index is 5.85. The van der Waals surface area contributed by atoms with Crippen LogP contribution in [0.2, 0.25) is 0 Å². The van der Waals surface area contributed by atoms with Gasteiger partial charge in [-0.15, -0.1) is 0 Å². The largest absolute Gasteiger partial charge is 0.374 e. The van der Waals surface area contributed by atoms with E-state index in [-0.39, 0.29) is 11.6 Å². The summed E-state index contributed by atoms with van der Waals surface area (Å²) in [6.45, 7) is 6.89. The predicted molar refractivity (Wildman–Crippen MR) is 72.4 cm³/mol. The molecule has 0 radical (unpaired) electrons. The molecule has 0 fully saturated rings. The van der Waals surface area contributed by atoms with Crippen LogP contribution in [0.5, 0.6) is 0 Å². The van der Waals surface area contributed by atoms with E-state index < -0.39 is 0 Å². The van der Waals surface area contributed by atoms with Gasteiger partial charge in [0.25, 0.3) is 0 Å². The van der Waals surface area contributed by atoms with Crippen LogP contribution >= 0.6 is 27.3 Å². The number of thiophene rings is 1. The molecule has 1 heterocycles. The molecule has 2 unspecified atom stereocenters. The van der Waals surface area contributed by atoms with Gasteiger partial charge in [-0.2, -0.15) is 11.3 Å². The molecule has 3 N–H and O–H groups in total. The summed E-state index contributed by atoms with van der Waals surface area (Å²) in [5.41, 5.74) is 3.75. The molecule has 1 aromatic rings. The molecule has 0 bridgehead atoms. The Hall–Kier alpha value is 0.0600. The second-order valence-corrected chi connectivity index (χ2v) is 5.47. The average Bonchev–Trinajstić information content (AvgIpc) is 2.66. The lowest BCUT2D eigenvalue weighted by Crippen LogP contribution is -2.46. The fraction of sp³-hybridized carbons (Fsp3) is 0.636. The van der Waals surface area contributed by atoms with Crippen molar-refractivity contribution in [3.63, 3.8) is 0 Å². The van der Waals surface area contributed by atoms with Crippen LogP contribution in [-0.2, 0) is 4.74 Å². The number of ether oxygens (including phenoxy) is 1. The van der Waals surface area contributed by atoms with E-state index >= 15 is 0 Å². The lowest BCUT2D eigenvalue weighted by molar-refractivity contribution is -0.0564. The summed E-state index contributed by atoms with van der Waals surface area (Å²) in [5.74, 6) is 5.68. The molecule has 0 saturated heterocycles. The van der Waals surface area contributed by atoms with E-state index in [4.69, 9.17) is 10.6 Å². The lowest BCUT2D eigenvalue weighted by atomic mass is 9.89. The average molecular weight is 307 g/mol. The Kier molecular flexibility index (Phi) is 5.40. The van der Waals surface area contributed by atoms with Gasteiger partial charge in [0.05, 0.1) is 11.6 Å². The normalized spacial score (nSPS) is 17.1. The Labute approximate surface area is 109 Å². The second kappa shape index (κ2) is 6.12. The van der Waals surface area contributed by atoms with Crippen LogP contribution in [0.4, 0.5) is 0 Å². The molecule has 5 heteroatoms. The molecule has 1 rings (SSSR count). The van der Waals surface area contributed by atoms with Crippen LogP contribution in [0, 0.1) is 0 Å². The summed E-state index contributed by atoms with van der Waals surface area (Å²) in [6.07, 6.45) is 0.901. The van der Waals surface area contributed by atoms with Gasteiger partial charge in [0, 0.05) is 16.5 Å². The topological polar surface area (TPSA) is 47.3 Å². The number of hydrogen-bond acceptors (Lipinski definition) is 4. The summed E-state index contributed by atoms with van der Waals surface area (Å²) in [6, 6.07) is -0.00178. The summed E-state index contributed by atoms with van der Waals surface area (Å²) < 4.78 is 6.93. The highest BCUT2D eigenvalue weighted by Gasteiger charge is 2.35. The molecule has 0 aromatic carbocycles. The van der Waals surface area contributed by atoms with E-state index in [2.05, 4.69) is 46.0 Å². The van der Waals surface area contributed by atoms with Crippen LogP contribution in [-0.4, -0.2) is 12.2 Å². The van der Waals surface area contributed by atoms with Crippen molar-refractivity contribution in [2.45, 2.75) is 38.8 Å². The molecule has 0 saturated carbocycles. The van der Waals surface area contributed by atoms with Crippen molar-refractivity contribution < 1.29 is 4.74 Å². The Morgan fingerprint density at radius 1 is 1.56 bits per heavy atom. The summed E-state index contributed by atoms with van der Waals surface area (Å²) in [7, 11) is 0. The maximum Gasteiger partial charge on any atom is 0.0859 e. The molecule has 2 atom stereocenters. The zero-order chi connectivity index (χ0) is 12.2. The van der Waals surface area contributed by atoms with E-state index in [0.29, 0.717) is 6.61 Å². The van der Waals surface area contributed by atoms with E-state index in [1.807, 2.05) is 6.92 Å². The number of rotatable bonds is 6. The van der Waals surface area contributed by atoms with Gasteiger partial charge in [0.1, 0.15) is 0 Å². The third kappa shape index (κ3) is 2.84. The van der Waals surface area contributed by atoms with E-state index in [9.17, 15) is 0 Å². The van der Waals surface area contributed by atoms with Crippen molar-refractivity contribution in [2.24, 2.45) is 5.84 Å². The molecule has 1 aromatic heterocycles. The lowest BCUT2D eigenvalue weighted by Gasteiger charge is -2.36. The number of halogens is 1. The summed E-state index contributed by atoms with van der Waals surface area (Å²) in [4.78, 5) is 0. The van der Waals surface area contributed by atoms with Gasteiger partial charge in [-0.25, -0.2) is 0 Å². The molecule has 0 spiro atoms. The molecule has 0 amide bonds. The summed E-state index contributed by atoms with van der Waals surface area (Å²) in [5, 5.41) is 4.16. The van der Waals surface area contributed by atoms with Crippen LogP contribution < -0.4 is 11.3 Å². The third-order valence-corrected chi connectivity index (χ3v) is 4.66. The Morgan fingerprint density at radius 3 is 2.62 bits per heavy atom. The first-order chi connectivity index (χ1) is 7.59. The van der Waals surface area contributed by atoms with Crippen LogP contribution in [0.25, 0.3) is 0 Å². The van der Waals surface area contributed by atoms with Gasteiger partial charge in [-0.05, 0) is 47.1 Å². The molecule has 0 aliphatic heterocycles. The van der Waals surface area contributed by atoms with Gasteiger partial charge in [-0.3, -0.25) is 11.3 Å². The maximum absolute atomic E-state index is 5.85. The fourth-order valence-electron chi connectivity index (χ4n) is 1.81. The predicted octanol–water partition coefficient (Wildman–Crippen LogP) is 3.22. The van der Waals surface area contributed by atoms with Gasteiger partial charge >= 0.3 is 0 Å². The molecule has 16 heavy (non-hydrogen) atoms. The first-order valence-corrected chi connectivity index (χ1v) is 7.14. The Balaban J connectivity index is 3.00. The SMILES string of the molecule is CCOC(C)(CC)C(NN)c1cscc1Br. The van der Waals surface area contributed by atoms with Gasteiger partial charge in [0.15, 0.2) is 0 Å². The zero-order valence-electron chi connectivity index (χ0n) is 9.92. The minimum absolute atomic E-state index is 0.00178. The van der Waals surface area contributed by atoms with Crippen LogP contribution in [0.1, 0.15) is 38.8 Å². The first-order valence-electron chi connectivity index (χ1n) is 5.40. The molecule has 0 aliphatic rings.